The predicted octanol–water partition coefficient (Wildman–Crippen LogP) is 6.07. The van der Waals surface area contributed by atoms with Crippen molar-refractivity contribution < 1.29 is 4.43 Å². The van der Waals surface area contributed by atoms with Crippen LogP contribution in [-0.2, 0) is 4.43 Å². The fourth-order valence-corrected chi connectivity index (χ4v) is 3.30. The maximum absolute atomic E-state index is 6.38. The largest absolute Gasteiger partial charge is 0.544 e. The van der Waals surface area contributed by atoms with Gasteiger partial charge >= 0.3 is 0 Å². The molecule has 1 nitrogen and oxygen atoms in total. The molecule has 0 heterocycles. The van der Waals surface area contributed by atoms with Crippen molar-refractivity contribution in [2.45, 2.75) is 38.9 Å². The SMILES string of the molecule is CCC(C=C(O[Si](C)(C)C)c1ccccc1)c1ccccc1. The van der Waals surface area contributed by atoms with Crippen LogP contribution in [0.5, 0.6) is 0 Å². The maximum atomic E-state index is 6.38. The minimum absolute atomic E-state index is 0.382. The van der Waals surface area contributed by atoms with E-state index in [1.165, 1.54) is 11.1 Å². The molecule has 116 valence electrons. The van der Waals surface area contributed by atoms with Crippen LogP contribution in [0.25, 0.3) is 5.76 Å². The molecule has 2 heteroatoms. The molecule has 0 amide bonds. The highest BCUT2D eigenvalue weighted by atomic mass is 28.4. The highest BCUT2D eigenvalue weighted by Gasteiger charge is 2.20. The monoisotopic (exact) mass is 310 g/mol. The average Bonchev–Trinajstić information content (AvgIpc) is 2.52. The fourth-order valence-electron chi connectivity index (χ4n) is 2.45. The van der Waals surface area contributed by atoms with Gasteiger partial charge < -0.3 is 4.43 Å². The summed E-state index contributed by atoms with van der Waals surface area (Å²) < 4.78 is 6.38. The van der Waals surface area contributed by atoms with Crippen LogP contribution in [0.3, 0.4) is 0 Å². The van der Waals surface area contributed by atoms with Crippen LogP contribution < -0.4 is 0 Å². The predicted molar refractivity (Wildman–Crippen MR) is 98.3 cm³/mol. The Bertz CT molecular complexity index is 597. The van der Waals surface area contributed by atoms with Gasteiger partial charge in [-0.15, -0.1) is 0 Å². The number of allylic oxidation sites excluding steroid dienone is 1. The lowest BCUT2D eigenvalue weighted by Crippen LogP contribution is -2.24. The van der Waals surface area contributed by atoms with E-state index < -0.39 is 8.32 Å². The highest BCUT2D eigenvalue weighted by Crippen LogP contribution is 2.28. The van der Waals surface area contributed by atoms with Crippen LogP contribution >= 0.6 is 0 Å². The zero-order valence-corrected chi connectivity index (χ0v) is 15.0. The van der Waals surface area contributed by atoms with E-state index in [9.17, 15) is 0 Å². The van der Waals surface area contributed by atoms with Crippen molar-refractivity contribution >= 4 is 14.1 Å². The minimum atomic E-state index is -1.65. The van der Waals surface area contributed by atoms with Gasteiger partial charge in [0.05, 0.1) is 0 Å². The summed E-state index contributed by atoms with van der Waals surface area (Å²) in [5, 5.41) is 0. The quantitative estimate of drug-likeness (QED) is 0.464. The van der Waals surface area contributed by atoms with Gasteiger partial charge in [-0.3, -0.25) is 0 Å². The van der Waals surface area contributed by atoms with Gasteiger partial charge in [0.25, 0.3) is 0 Å². The Morgan fingerprint density at radius 2 is 1.50 bits per heavy atom. The molecule has 1 atom stereocenters. The first-order chi connectivity index (χ1) is 10.5. The molecule has 0 radical (unpaired) electrons. The van der Waals surface area contributed by atoms with E-state index in [0.29, 0.717) is 5.92 Å². The van der Waals surface area contributed by atoms with Gasteiger partial charge in [-0.2, -0.15) is 0 Å². The maximum Gasteiger partial charge on any atom is 0.242 e. The second-order valence-corrected chi connectivity index (χ2v) is 11.0. The normalized spacial score (nSPS) is 13.7. The Balaban J connectivity index is 2.38. The van der Waals surface area contributed by atoms with Crippen LogP contribution in [-0.4, -0.2) is 8.32 Å². The average molecular weight is 311 g/mol. The van der Waals surface area contributed by atoms with Crippen LogP contribution in [0, 0.1) is 0 Å². The third-order valence-corrected chi connectivity index (χ3v) is 4.33. The molecular formula is C20H26OSi. The van der Waals surface area contributed by atoms with Crippen molar-refractivity contribution in [2.24, 2.45) is 0 Å². The third kappa shape index (κ3) is 4.88. The van der Waals surface area contributed by atoms with Crippen molar-refractivity contribution in [3.05, 3.63) is 77.9 Å². The number of hydrogen-bond acceptors (Lipinski definition) is 1. The highest BCUT2D eigenvalue weighted by molar-refractivity contribution is 6.70. The summed E-state index contributed by atoms with van der Waals surface area (Å²) in [6.45, 7) is 8.92. The van der Waals surface area contributed by atoms with Gasteiger partial charge in [-0.1, -0.05) is 67.6 Å². The van der Waals surface area contributed by atoms with Gasteiger partial charge in [0, 0.05) is 11.5 Å². The first kappa shape index (κ1) is 16.6. The molecule has 2 aromatic rings. The Kier molecular flexibility index (Phi) is 5.61. The molecule has 1 unspecified atom stereocenters. The molecule has 2 aromatic carbocycles. The van der Waals surface area contributed by atoms with E-state index in [2.05, 4.69) is 87.2 Å². The zero-order chi connectivity index (χ0) is 16.0. The van der Waals surface area contributed by atoms with E-state index in [4.69, 9.17) is 4.43 Å². The van der Waals surface area contributed by atoms with E-state index in [1.54, 1.807) is 0 Å². The standard InChI is InChI=1S/C20H26OSi/c1-5-17(18-12-8-6-9-13-18)16-20(21-22(2,3)4)19-14-10-7-11-15-19/h6-17H,5H2,1-4H3. The molecule has 2 rings (SSSR count). The second-order valence-electron chi connectivity index (χ2n) is 6.54. The fraction of sp³-hybridized carbons (Fsp3) is 0.300. The van der Waals surface area contributed by atoms with Crippen molar-refractivity contribution in [2.75, 3.05) is 0 Å². The Morgan fingerprint density at radius 1 is 0.955 bits per heavy atom. The van der Waals surface area contributed by atoms with Gasteiger partial charge in [-0.05, 0) is 37.7 Å². The molecule has 0 fully saturated rings. The van der Waals surface area contributed by atoms with Crippen LogP contribution in [0.15, 0.2) is 66.7 Å². The first-order valence-corrected chi connectivity index (χ1v) is 11.4. The molecule has 0 N–H and O–H groups in total. The molecule has 0 saturated heterocycles. The summed E-state index contributed by atoms with van der Waals surface area (Å²) in [4.78, 5) is 0. The Hall–Kier alpha value is -1.80. The molecule has 0 aromatic heterocycles. The van der Waals surface area contributed by atoms with E-state index in [1.807, 2.05) is 6.07 Å². The van der Waals surface area contributed by atoms with E-state index in [0.717, 1.165) is 12.2 Å². The van der Waals surface area contributed by atoms with Gasteiger partial charge in [0.2, 0.25) is 8.32 Å². The summed E-state index contributed by atoms with van der Waals surface area (Å²) in [6, 6.07) is 21.1. The topological polar surface area (TPSA) is 9.23 Å². The van der Waals surface area contributed by atoms with Crippen molar-refractivity contribution in [3.63, 3.8) is 0 Å². The molecule has 0 spiro atoms. The lowest BCUT2D eigenvalue weighted by molar-refractivity contribution is 0.510. The minimum Gasteiger partial charge on any atom is -0.544 e. The summed E-state index contributed by atoms with van der Waals surface area (Å²) in [5.74, 6) is 1.41. The van der Waals surface area contributed by atoms with Gasteiger partial charge in [0.1, 0.15) is 5.76 Å². The third-order valence-electron chi connectivity index (χ3n) is 3.49. The molecule has 0 aliphatic rings. The molecule has 0 aliphatic carbocycles. The van der Waals surface area contributed by atoms with Gasteiger partial charge in [0.15, 0.2) is 0 Å². The van der Waals surface area contributed by atoms with E-state index in [-0.39, 0.29) is 0 Å². The Labute approximate surface area is 135 Å². The summed E-state index contributed by atoms with van der Waals surface area (Å²) in [7, 11) is -1.65. The van der Waals surface area contributed by atoms with Crippen LogP contribution in [0.1, 0.15) is 30.4 Å². The molecule has 22 heavy (non-hydrogen) atoms. The van der Waals surface area contributed by atoms with E-state index >= 15 is 0 Å². The van der Waals surface area contributed by atoms with Crippen molar-refractivity contribution in [1.82, 2.24) is 0 Å². The van der Waals surface area contributed by atoms with Crippen molar-refractivity contribution in [1.29, 1.82) is 0 Å². The molecule has 0 bridgehead atoms. The lowest BCUT2D eigenvalue weighted by Gasteiger charge is -2.24. The lowest BCUT2D eigenvalue weighted by atomic mass is 9.95. The van der Waals surface area contributed by atoms with Gasteiger partial charge in [-0.25, -0.2) is 0 Å². The smallest absolute Gasteiger partial charge is 0.242 e. The molecule has 0 saturated carbocycles. The second kappa shape index (κ2) is 7.46. The molecule has 0 aliphatic heterocycles. The summed E-state index contributed by atoms with van der Waals surface area (Å²) >= 11 is 0. The zero-order valence-electron chi connectivity index (χ0n) is 14.0. The van der Waals surface area contributed by atoms with Crippen LogP contribution in [0.2, 0.25) is 19.6 Å². The van der Waals surface area contributed by atoms with Crippen molar-refractivity contribution in [3.8, 4) is 0 Å². The van der Waals surface area contributed by atoms with Crippen LogP contribution in [0.4, 0.5) is 0 Å². The Morgan fingerprint density at radius 3 is 2.00 bits per heavy atom. The number of hydrogen-bond donors (Lipinski definition) is 0. The number of benzene rings is 2. The number of rotatable bonds is 6. The summed E-state index contributed by atoms with van der Waals surface area (Å²) in [6.07, 6.45) is 3.36. The summed E-state index contributed by atoms with van der Waals surface area (Å²) in [5.41, 5.74) is 2.51. The molecular weight excluding hydrogens is 284 g/mol. The first-order valence-electron chi connectivity index (χ1n) is 8.01.